The Balaban J connectivity index is 3.63. The summed E-state index contributed by atoms with van der Waals surface area (Å²) in [6, 6.07) is 0. The van der Waals surface area contributed by atoms with Gasteiger partial charge in [-0.1, -0.05) is 0 Å². The first-order chi connectivity index (χ1) is 28.8. The second-order valence-electron chi connectivity index (χ2n) is 9.24. The second-order valence-corrected chi connectivity index (χ2v) is 61.9. The van der Waals surface area contributed by atoms with Crippen LogP contribution in [0.15, 0.2) is 18.7 Å². The fourth-order valence-electron chi connectivity index (χ4n) is 2.51. The van der Waals surface area contributed by atoms with Crippen LogP contribution in [0.5, 0.6) is 0 Å². The molecule has 0 saturated carbocycles. The summed E-state index contributed by atoms with van der Waals surface area (Å²) in [6.45, 7) is 1.53. The van der Waals surface area contributed by atoms with Crippen molar-refractivity contribution < 1.29 is 333 Å². The van der Waals surface area contributed by atoms with Gasteiger partial charge in [-0.2, -0.15) is 0 Å². The molecule has 0 bridgehead atoms. The van der Waals surface area contributed by atoms with E-state index in [1.54, 1.807) is 0 Å². The van der Waals surface area contributed by atoms with Crippen LogP contribution in [0.2, 0.25) is 0 Å². The van der Waals surface area contributed by atoms with Crippen LogP contribution < -0.4 is 3.49 Å². The molecule has 1 rings (SSSR count). The second kappa shape index (κ2) is 23.7. The van der Waals surface area contributed by atoms with Gasteiger partial charge in [0, 0.05) is 0 Å². The van der Waals surface area contributed by atoms with E-state index in [-0.39, 0.29) is 17.6 Å². The minimum atomic E-state index is -8.95. The van der Waals surface area contributed by atoms with Gasteiger partial charge in [0.1, 0.15) is 0 Å². The Morgan fingerprint density at radius 2 is 0.803 bits per heavy atom. The van der Waals surface area contributed by atoms with Crippen molar-refractivity contribution in [2.45, 2.75) is 26.2 Å². The van der Waals surface area contributed by atoms with E-state index in [0.717, 1.165) is 6.20 Å². The third kappa shape index (κ3) is 29.1. The summed E-state index contributed by atoms with van der Waals surface area (Å²) in [6.07, 6.45) is 2.11. The zero-order chi connectivity index (χ0) is 52.1. The van der Waals surface area contributed by atoms with Crippen LogP contribution in [0.25, 0.3) is 0 Å². The van der Waals surface area contributed by atoms with E-state index in [1.165, 1.54) is 6.92 Å². The first-order valence-corrected chi connectivity index (χ1v) is 55.7. The van der Waals surface area contributed by atoms with Gasteiger partial charge in [-0.25, -0.2) is 0 Å². The van der Waals surface area contributed by atoms with Crippen LogP contribution in [0.4, 0.5) is 0 Å². The zero-order valence-electron chi connectivity index (χ0n) is 29.4. The Kier molecular flexibility index (Phi) is 23.8. The Bertz CT molecular complexity index is 3510. The standard InChI is InChI=1S/C5H12O3S.C3H3N2O.12Mo.H3O4P.H2O.33O/c1-2-3-4-5-9(6,7)8;6-5-2-1-4-3-5;;;;;;;;;;;;;1-5(2,3)4;;;;;;;;;;;;;;;;;;;;;;;;;;;;;;;;;;/h2-5H2,1H3,(H,6,7,8);1-3H;;;;;;;;;;;;;(H3,1,2,3,4);1H2;;;;;;;;;;;;;;;;;;;;;;;;;;;;;;;;;/q;-1;;;;;;;6*+1;;;;;;;;;;;;;;;;;;;;;;;;;;;;;;;;;;;/p-5. The van der Waals surface area contributed by atoms with Gasteiger partial charge >= 0.3 is 412 Å². The molecule has 0 aliphatic carbocycles. The molecule has 58 heteroatoms. The van der Waals surface area contributed by atoms with Gasteiger partial charge in [-0.15, -0.1) is 0 Å². The van der Waals surface area contributed by atoms with Gasteiger partial charge in [0.25, 0.3) is 0 Å². The summed E-state index contributed by atoms with van der Waals surface area (Å²) in [5.41, 5.74) is 0. The van der Waals surface area contributed by atoms with Crippen LogP contribution in [0.3, 0.4) is 0 Å². The van der Waals surface area contributed by atoms with Crippen LogP contribution >= 0.6 is 7.82 Å². The number of hydrogen-bond donors (Lipinski definition) is 1. The summed E-state index contributed by atoms with van der Waals surface area (Å²) in [7, 11) is -13.2. The third-order valence-electron chi connectivity index (χ3n) is 3.89. The maximum atomic E-state index is 13.1. The van der Waals surface area contributed by atoms with Crippen molar-refractivity contribution >= 4 is 17.9 Å². The molecule has 1 atom stereocenters. The van der Waals surface area contributed by atoms with Crippen LogP contribution in [0.1, 0.15) is 26.2 Å². The molecule has 0 aromatic carbocycles. The normalized spacial score (nSPS) is 15.8. The van der Waals surface area contributed by atoms with Gasteiger partial charge in [-0.05, 0) is 0 Å². The predicted molar refractivity (Wildman–Crippen MR) is 92.5 cm³/mol. The molecule has 0 aliphatic rings. The maximum absolute atomic E-state index is 13.1. The van der Waals surface area contributed by atoms with E-state index in [2.05, 4.69) is 39.2 Å². The van der Waals surface area contributed by atoms with Crippen molar-refractivity contribution in [1.82, 2.24) is 9.71 Å². The van der Waals surface area contributed by atoms with E-state index in [0.29, 0.717) is 18.9 Å². The Hall–Kier alpha value is 2.09. The zero-order valence-corrected chi connectivity index (χ0v) is 55.2. The molecule has 0 fully saturated rings. The van der Waals surface area contributed by atoms with Crippen molar-refractivity contribution in [2.75, 3.05) is 5.75 Å². The molecule has 44 nitrogen and oxygen atoms in total. The molecule has 392 valence electrons. The van der Waals surface area contributed by atoms with Crippen molar-refractivity contribution in [3.63, 3.8) is 0 Å². The average molecular weight is 2030 g/mol. The van der Waals surface area contributed by atoms with Gasteiger partial charge in [0.15, 0.2) is 0 Å². The molecule has 1 N–H and O–H groups in total. The molecule has 0 spiro atoms. The van der Waals surface area contributed by atoms with Gasteiger partial charge < -0.3 is 0 Å². The number of phosphoric acid groups is 1. The van der Waals surface area contributed by atoms with E-state index >= 15 is 0 Å². The first-order valence-electron chi connectivity index (χ1n) is 13.3. The molecule has 1 heterocycles. The van der Waals surface area contributed by atoms with Crippen LogP contribution in [-0.2, 0) is 328 Å². The number of aromatic nitrogens is 2. The topological polar surface area (TPSA) is 628 Å². The van der Waals surface area contributed by atoms with E-state index < -0.39 is 225 Å². The molecule has 0 saturated heterocycles. The average Bonchev–Trinajstić information content (AvgIpc) is 3.40. The van der Waals surface area contributed by atoms with Gasteiger partial charge in [-0.3, -0.25) is 0 Å². The molecular weight excluding hydrogens is 2010 g/mol. The monoisotopic (exact) mass is 2050 g/mol. The van der Waals surface area contributed by atoms with Crippen molar-refractivity contribution in [3.05, 3.63) is 18.7 Å². The summed E-state index contributed by atoms with van der Waals surface area (Å²) < 4.78 is 377. The van der Waals surface area contributed by atoms with Crippen LogP contribution in [0, 0.1) is 0 Å². The van der Waals surface area contributed by atoms with Crippen molar-refractivity contribution in [2.24, 2.45) is 0 Å². The van der Waals surface area contributed by atoms with Gasteiger partial charge in [0.05, 0.1) is 0 Å². The first kappa shape index (κ1) is 66.1. The minimum absolute atomic E-state index is 0.107. The fraction of sp³-hybridized carbons (Fsp3) is 0.625. The molecular formula is C8H15Mo12N2O42PS. The van der Waals surface area contributed by atoms with Crippen molar-refractivity contribution in [3.8, 4) is 0 Å². The van der Waals surface area contributed by atoms with Crippen molar-refractivity contribution in [1.29, 1.82) is 0 Å². The number of imidazole rings is 1. The Morgan fingerprint density at radius 3 is 1.12 bits per heavy atom. The van der Waals surface area contributed by atoms with Gasteiger partial charge in [0.2, 0.25) is 0 Å². The summed E-state index contributed by atoms with van der Waals surface area (Å²) in [5.74, 6) is -1.13. The summed E-state index contributed by atoms with van der Waals surface area (Å²) in [4.78, 5) is 3.23. The molecule has 0 amide bonds. The Labute approximate surface area is 404 Å². The number of rotatable bonds is 32. The number of nitrogens with zero attached hydrogens (tertiary/aromatic N) is 2. The molecule has 1 aromatic heterocycles. The SMILES string of the molecule is CCCCCS(=O)(=O)[O][Mo](=[O])(=[O])[O][Mo](=[O])(=[O])[O][Mo](=[O])(=[O])[O][Mo](=[O])(=[O])[O]P(=O)([O][Mo](=[O])(=[O])[O][Mo](=[O])(=[O])[O][Mo](=[O])(=[O])[O][Mo](=[O])(=[O])[OH])[O][Mo](=[O])(=[O])[O][Mo](=[O])(=[O])[O][Mo](=[O])(=[O])[O][Mo](=[O])(=[O])[O]n1ccnc1. The van der Waals surface area contributed by atoms with E-state index in [1.807, 2.05) is 0 Å². The van der Waals surface area contributed by atoms with E-state index in [9.17, 15) is 94.5 Å². The van der Waals surface area contributed by atoms with Crippen LogP contribution in [-0.4, -0.2) is 27.6 Å². The Morgan fingerprint density at radius 1 is 0.485 bits per heavy atom. The molecule has 1 unspecified atom stereocenters. The predicted octanol–water partition coefficient (Wildman–Crippen LogP) is -2.75. The summed E-state index contributed by atoms with van der Waals surface area (Å²) in [5, 5.41) is 0. The number of unbranched alkanes of at least 4 members (excludes halogenated alkanes) is 2. The third-order valence-corrected chi connectivity index (χ3v) is 68.9. The summed E-state index contributed by atoms with van der Waals surface area (Å²) >= 11 is -99.1. The number of hydrogen-bond acceptors (Lipinski definition) is 42. The van der Waals surface area contributed by atoms with E-state index in [4.69, 9.17) is 3.76 Å². The quantitative estimate of drug-likeness (QED) is 0.0434. The molecule has 66 heavy (non-hydrogen) atoms. The molecule has 1 aromatic rings. The molecule has 0 radical (unpaired) electrons. The molecule has 0 aliphatic heterocycles. The fourth-order valence-corrected chi connectivity index (χ4v) is 66.8.